The highest BCUT2D eigenvalue weighted by atomic mass is 16.1. The van der Waals surface area contributed by atoms with Crippen molar-refractivity contribution in [1.29, 1.82) is 0 Å². The van der Waals surface area contributed by atoms with Gasteiger partial charge in [-0.25, -0.2) is 14.6 Å². The van der Waals surface area contributed by atoms with Crippen LogP contribution in [-0.2, 0) is 6.54 Å². The van der Waals surface area contributed by atoms with Gasteiger partial charge < -0.3 is 0 Å². The van der Waals surface area contributed by atoms with Gasteiger partial charge in [0.25, 0.3) is 5.56 Å². The highest BCUT2D eigenvalue weighted by molar-refractivity contribution is 5.77. The lowest BCUT2D eigenvalue weighted by molar-refractivity contribution is 0.657. The summed E-state index contributed by atoms with van der Waals surface area (Å²) in [7, 11) is 0. The van der Waals surface area contributed by atoms with Crippen molar-refractivity contribution in [1.82, 2.24) is 19.7 Å². The van der Waals surface area contributed by atoms with E-state index in [-0.39, 0.29) is 5.56 Å². The van der Waals surface area contributed by atoms with Crippen LogP contribution < -0.4 is 5.56 Å². The van der Waals surface area contributed by atoms with Crippen LogP contribution in [0, 0.1) is 0 Å². The fourth-order valence-electron chi connectivity index (χ4n) is 1.79. The molecule has 3 rings (SSSR count). The van der Waals surface area contributed by atoms with Gasteiger partial charge in [0.15, 0.2) is 0 Å². The van der Waals surface area contributed by atoms with Gasteiger partial charge >= 0.3 is 0 Å². The molecule has 0 saturated heterocycles. The second-order valence-electron chi connectivity index (χ2n) is 3.75. The zero-order chi connectivity index (χ0) is 11.7. The summed E-state index contributed by atoms with van der Waals surface area (Å²) in [6, 6.07) is 9.23. The second-order valence-corrected chi connectivity index (χ2v) is 3.75. The van der Waals surface area contributed by atoms with Crippen LogP contribution in [0.4, 0.5) is 0 Å². The predicted molar refractivity (Wildman–Crippen MR) is 63.7 cm³/mol. The van der Waals surface area contributed by atoms with Crippen molar-refractivity contribution in [3.63, 3.8) is 0 Å². The molecule has 1 aromatic carbocycles. The van der Waals surface area contributed by atoms with Crippen LogP contribution >= 0.6 is 0 Å². The van der Waals surface area contributed by atoms with E-state index in [0.29, 0.717) is 11.9 Å². The van der Waals surface area contributed by atoms with Gasteiger partial charge in [-0.05, 0) is 18.2 Å². The number of benzene rings is 1. The summed E-state index contributed by atoms with van der Waals surface area (Å²) in [5.74, 6) is 0. The summed E-state index contributed by atoms with van der Waals surface area (Å²) in [6.07, 6.45) is 3.14. The minimum absolute atomic E-state index is 0.0285. The summed E-state index contributed by atoms with van der Waals surface area (Å²) in [6.45, 7) is 0.427. The Balaban J connectivity index is 2.07. The Kier molecular flexibility index (Phi) is 2.22. The quantitative estimate of drug-likeness (QED) is 0.713. The topological polar surface area (TPSA) is 63.6 Å². The number of fused-ring (bicyclic) bond motifs is 1. The Morgan fingerprint density at radius 1 is 1.24 bits per heavy atom. The van der Waals surface area contributed by atoms with Crippen molar-refractivity contribution in [2.24, 2.45) is 0 Å². The average Bonchev–Trinajstić information content (AvgIpc) is 2.68. The van der Waals surface area contributed by atoms with Crippen molar-refractivity contribution in [2.75, 3.05) is 0 Å². The highest BCUT2D eigenvalue weighted by Crippen LogP contribution is 2.06. The Labute approximate surface area is 96.7 Å². The van der Waals surface area contributed by atoms with Crippen LogP contribution in [0.3, 0.4) is 0 Å². The number of nitrogens with one attached hydrogen (secondary N) is 1. The van der Waals surface area contributed by atoms with E-state index in [0.717, 1.165) is 11.2 Å². The summed E-state index contributed by atoms with van der Waals surface area (Å²) in [5.41, 5.74) is 1.61. The van der Waals surface area contributed by atoms with Gasteiger partial charge in [-0.15, -0.1) is 0 Å². The monoisotopic (exact) mass is 226 g/mol. The Morgan fingerprint density at radius 3 is 2.88 bits per heavy atom. The smallest absolute Gasteiger partial charge is 0.274 e. The van der Waals surface area contributed by atoms with E-state index >= 15 is 0 Å². The zero-order valence-electron chi connectivity index (χ0n) is 9.00. The van der Waals surface area contributed by atoms with Crippen LogP contribution in [0.2, 0.25) is 0 Å². The minimum Gasteiger partial charge on any atom is -0.295 e. The van der Waals surface area contributed by atoms with Crippen LogP contribution in [-0.4, -0.2) is 19.7 Å². The third kappa shape index (κ3) is 1.71. The Morgan fingerprint density at radius 2 is 2.12 bits per heavy atom. The molecule has 1 N–H and O–H groups in total. The van der Waals surface area contributed by atoms with E-state index in [1.165, 1.54) is 6.33 Å². The standard InChI is InChI=1S/C12H10N4O/c17-12-10-3-1-2-4-11(10)15-16(12)7-9-5-6-13-8-14-9/h1-6,8,15H,7H2. The molecule has 0 aliphatic carbocycles. The molecule has 5 heteroatoms. The molecule has 0 bridgehead atoms. The lowest BCUT2D eigenvalue weighted by Crippen LogP contribution is -2.17. The van der Waals surface area contributed by atoms with Gasteiger partial charge in [-0.3, -0.25) is 9.89 Å². The molecule has 2 aromatic heterocycles. The van der Waals surface area contributed by atoms with Crippen LogP contribution in [0.25, 0.3) is 10.9 Å². The Bertz CT molecular complexity index is 699. The first-order valence-electron chi connectivity index (χ1n) is 5.27. The summed E-state index contributed by atoms with van der Waals surface area (Å²) in [4.78, 5) is 20.0. The van der Waals surface area contributed by atoms with Crippen molar-refractivity contribution < 1.29 is 0 Å². The van der Waals surface area contributed by atoms with E-state index < -0.39 is 0 Å². The molecule has 0 amide bonds. The number of para-hydroxylation sites is 1. The fraction of sp³-hybridized carbons (Fsp3) is 0.0833. The molecule has 5 nitrogen and oxygen atoms in total. The second kappa shape index (κ2) is 3.86. The lowest BCUT2D eigenvalue weighted by atomic mass is 10.3. The number of hydrogen-bond donors (Lipinski definition) is 1. The fourth-order valence-corrected chi connectivity index (χ4v) is 1.79. The molecular formula is C12H10N4O. The lowest BCUT2D eigenvalue weighted by Gasteiger charge is -1.99. The molecule has 0 unspecified atom stereocenters. The van der Waals surface area contributed by atoms with E-state index in [1.807, 2.05) is 24.3 Å². The van der Waals surface area contributed by atoms with E-state index in [1.54, 1.807) is 16.9 Å². The van der Waals surface area contributed by atoms with Crippen LogP contribution in [0.1, 0.15) is 5.69 Å². The maximum atomic E-state index is 12.0. The van der Waals surface area contributed by atoms with Gasteiger partial charge in [0.1, 0.15) is 6.33 Å². The number of hydrogen-bond acceptors (Lipinski definition) is 3. The van der Waals surface area contributed by atoms with Gasteiger partial charge in [-0.1, -0.05) is 12.1 Å². The number of nitrogens with zero attached hydrogens (tertiary/aromatic N) is 3. The molecule has 0 aliphatic heterocycles. The van der Waals surface area contributed by atoms with E-state index in [2.05, 4.69) is 15.1 Å². The van der Waals surface area contributed by atoms with Crippen LogP contribution in [0.15, 0.2) is 47.7 Å². The first-order valence-corrected chi connectivity index (χ1v) is 5.27. The third-order valence-corrected chi connectivity index (χ3v) is 2.62. The number of rotatable bonds is 2. The number of aromatic nitrogens is 4. The summed E-state index contributed by atoms with van der Waals surface area (Å²) < 4.78 is 1.55. The summed E-state index contributed by atoms with van der Waals surface area (Å²) >= 11 is 0. The molecule has 0 fully saturated rings. The predicted octanol–water partition coefficient (Wildman–Crippen LogP) is 1.17. The molecule has 0 atom stereocenters. The van der Waals surface area contributed by atoms with Crippen molar-refractivity contribution >= 4 is 10.9 Å². The van der Waals surface area contributed by atoms with Crippen molar-refractivity contribution in [2.45, 2.75) is 6.54 Å². The van der Waals surface area contributed by atoms with Crippen molar-refractivity contribution in [3.8, 4) is 0 Å². The van der Waals surface area contributed by atoms with Gasteiger partial charge in [0.05, 0.1) is 23.1 Å². The molecule has 0 saturated carbocycles. The third-order valence-electron chi connectivity index (χ3n) is 2.62. The normalized spacial score (nSPS) is 10.8. The maximum Gasteiger partial charge on any atom is 0.274 e. The van der Waals surface area contributed by atoms with Gasteiger partial charge in [0, 0.05) is 6.20 Å². The number of H-pyrrole nitrogens is 1. The SMILES string of the molecule is O=c1c2ccccc2[nH]n1Cc1ccncn1. The summed E-state index contributed by atoms with van der Waals surface area (Å²) in [5, 5.41) is 3.75. The number of aromatic amines is 1. The average molecular weight is 226 g/mol. The molecule has 84 valence electrons. The minimum atomic E-state index is -0.0285. The zero-order valence-corrected chi connectivity index (χ0v) is 9.00. The highest BCUT2D eigenvalue weighted by Gasteiger charge is 2.06. The largest absolute Gasteiger partial charge is 0.295 e. The van der Waals surface area contributed by atoms with E-state index in [9.17, 15) is 4.79 Å². The molecule has 3 aromatic rings. The molecule has 17 heavy (non-hydrogen) atoms. The molecule has 0 radical (unpaired) electrons. The maximum absolute atomic E-state index is 12.0. The van der Waals surface area contributed by atoms with Gasteiger partial charge in [0.2, 0.25) is 0 Å². The van der Waals surface area contributed by atoms with E-state index in [4.69, 9.17) is 0 Å². The first kappa shape index (κ1) is 9.77. The Hall–Kier alpha value is -2.43. The van der Waals surface area contributed by atoms with Gasteiger partial charge in [-0.2, -0.15) is 0 Å². The van der Waals surface area contributed by atoms with Crippen LogP contribution in [0.5, 0.6) is 0 Å². The molecular weight excluding hydrogens is 216 g/mol. The molecule has 2 heterocycles. The molecule has 0 spiro atoms. The first-order chi connectivity index (χ1) is 8.34. The van der Waals surface area contributed by atoms with Crippen molar-refractivity contribution in [3.05, 3.63) is 58.9 Å². The molecule has 0 aliphatic rings.